The molecule has 0 radical (unpaired) electrons. The summed E-state index contributed by atoms with van der Waals surface area (Å²) in [7, 11) is 0. The first-order valence-electron chi connectivity index (χ1n) is 3.78. The van der Waals surface area contributed by atoms with Gasteiger partial charge in [-0.15, -0.1) is 0 Å². The molecule has 0 aliphatic carbocycles. The second kappa shape index (κ2) is 4.35. The maximum atomic E-state index is 11.6. The van der Waals surface area contributed by atoms with Crippen molar-refractivity contribution < 1.29 is 4.79 Å². The van der Waals surface area contributed by atoms with Crippen LogP contribution in [0.3, 0.4) is 0 Å². The van der Waals surface area contributed by atoms with Crippen LogP contribution in [0.5, 0.6) is 0 Å². The topological polar surface area (TPSA) is 17.1 Å². The third-order valence-electron chi connectivity index (χ3n) is 1.63. The number of benzene rings is 1. The van der Waals surface area contributed by atoms with Crippen molar-refractivity contribution in [1.29, 1.82) is 0 Å². The Morgan fingerprint density at radius 1 is 1.29 bits per heavy atom. The maximum Gasteiger partial charge on any atom is 0.189 e. The summed E-state index contributed by atoms with van der Waals surface area (Å²) in [6.07, 6.45) is 0. The lowest BCUT2D eigenvalue weighted by atomic mass is 10.1. The average molecular weight is 250 g/mol. The number of hydrogen-bond acceptors (Lipinski definition) is 1. The highest BCUT2D eigenvalue weighted by atomic mass is 35.5. The van der Waals surface area contributed by atoms with Crippen LogP contribution in [0, 0.1) is 0 Å². The van der Waals surface area contributed by atoms with Gasteiger partial charge >= 0.3 is 0 Å². The lowest BCUT2D eigenvalue weighted by Crippen LogP contribution is -2.00. The molecule has 0 saturated heterocycles. The number of ketones is 1. The van der Waals surface area contributed by atoms with E-state index in [1.807, 2.05) is 0 Å². The Kier molecular flexibility index (Phi) is 3.59. The summed E-state index contributed by atoms with van der Waals surface area (Å²) in [4.78, 5) is 11.6. The van der Waals surface area contributed by atoms with E-state index in [-0.39, 0.29) is 21.4 Å². The second-order valence-corrected chi connectivity index (χ2v) is 4.08. The SMILES string of the molecule is C=C(C)C(=O)c1cc(Cl)cc(Cl)c1Cl. The van der Waals surface area contributed by atoms with Gasteiger partial charge in [0.2, 0.25) is 0 Å². The standard InChI is InChI=1S/C10H7Cl3O/c1-5(2)10(14)7-3-6(11)4-8(12)9(7)13/h3-4H,1H2,2H3. The largest absolute Gasteiger partial charge is 0.289 e. The van der Waals surface area contributed by atoms with Gasteiger partial charge in [-0.1, -0.05) is 41.4 Å². The van der Waals surface area contributed by atoms with Crippen molar-refractivity contribution in [2.75, 3.05) is 0 Å². The minimum absolute atomic E-state index is 0.212. The Balaban J connectivity index is 3.34. The molecule has 1 rings (SSSR count). The monoisotopic (exact) mass is 248 g/mol. The molecule has 1 aromatic rings. The van der Waals surface area contributed by atoms with Gasteiger partial charge < -0.3 is 0 Å². The molecule has 0 N–H and O–H groups in total. The van der Waals surface area contributed by atoms with Gasteiger partial charge in [-0.25, -0.2) is 0 Å². The summed E-state index contributed by atoms with van der Waals surface area (Å²) in [6, 6.07) is 2.97. The van der Waals surface area contributed by atoms with Gasteiger partial charge in [0.25, 0.3) is 0 Å². The van der Waals surface area contributed by atoms with Crippen molar-refractivity contribution >= 4 is 40.6 Å². The molecule has 0 aromatic heterocycles. The van der Waals surface area contributed by atoms with Gasteiger partial charge in [0.05, 0.1) is 10.0 Å². The van der Waals surface area contributed by atoms with E-state index in [0.717, 1.165) is 0 Å². The molecule has 0 aliphatic heterocycles. The van der Waals surface area contributed by atoms with Crippen molar-refractivity contribution in [2.45, 2.75) is 6.92 Å². The van der Waals surface area contributed by atoms with E-state index < -0.39 is 0 Å². The molecule has 0 atom stereocenters. The molecule has 0 amide bonds. The first kappa shape index (κ1) is 11.6. The van der Waals surface area contributed by atoms with Crippen molar-refractivity contribution in [2.24, 2.45) is 0 Å². The lowest BCUT2D eigenvalue weighted by Gasteiger charge is -2.05. The Hall–Kier alpha value is -0.500. The fourth-order valence-electron chi connectivity index (χ4n) is 0.951. The number of hydrogen-bond donors (Lipinski definition) is 0. The smallest absolute Gasteiger partial charge is 0.189 e. The fraction of sp³-hybridized carbons (Fsp3) is 0.100. The molecule has 1 aromatic carbocycles. The highest BCUT2D eigenvalue weighted by molar-refractivity contribution is 6.45. The summed E-state index contributed by atoms with van der Waals surface area (Å²) < 4.78 is 0. The number of carbonyl (C=O) groups excluding carboxylic acids is 1. The van der Waals surface area contributed by atoms with E-state index in [1.165, 1.54) is 12.1 Å². The number of halogens is 3. The van der Waals surface area contributed by atoms with Crippen LogP contribution in [0.25, 0.3) is 0 Å². The average Bonchev–Trinajstić information content (AvgIpc) is 2.09. The predicted molar refractivity (Wildman–Crippen MR) is 60.6 cm³/mol. The molecule has 0 spiro atoms. The van der Waals surface area contributed by atoms with E-state index in [9.17, 15) is 4.79 Å². The molecule has 14 heavy (non-hydrogen) atoms. The molecule has 0 bridgehead atoms. The van der Waals surface area contributed by atoms with Crippen LogP contribution in [-0.2, 0) is 0 Å². The zero-order chi connectivity index (χ0) is 10.9. The molecule has 0 heterocycles. The van der Waals surface area contributed by atoms with E-state index in [4.69, 9.17) is 34.8 Å². The Labute approximate surface area is 97.3 Å². The molecular formula is C10H7Cl3O. The minimum Gasteiger partial charge on any atom is -0.289 e. The molecule has 0 aliphatic rings. The molecule has 74 valence electrons. The fourth-order valence-corrected chi connectivity index (χ4v) is 1.64. The van der Waals surface area contributed by atoms with E-state index >= 15 is 0 Å². The molecule has 0 unspecified atom stereocenters. The zero-order valence-corrected chi connectivity index (χ0v) is 9.67. The summed E-state index contributed by atoms with van der Waals surface area (Å²) in [5.74, 6) is -0.251. The third kappa shape index (κ3) is 2.30. The second-order valence-electron chi connectivity index (χ2n) is 2.86. The Morgan fingerprint density at radius 2 is 1.86 bits per heavy atom. The number of Topliss-reactive ketones (excluding diaryl/α,β-unsaturated/α-hetero) is 1. The summed E-state index contributed by atoms with van der Waals surface area (Å²) in [5.41, 5.74) is 0.682. The number of allylic oxidation sites excluding steroid dienone is 1. The number of carbonyl (C=O) groups is 1. The first-order valence-corrected chi connectivity index (χ1v) is 4.91. The van der Waals surface area contributed by atoms with Gasteiger partial charge in [-0.3, -0.25) is 4.79 Å². The highest BCUT2D eigenvalue weighted by Crippen LogP contribution is 2.30. The van der Waals surface area contributed by atoms with Gasteiger partial charge in [0, 0.05) is 10.6 Å². The normalized spacial score (nSPS) is 10.0. The van der Waals surface area contributed by atoms with E-state index in [1.54, 1.807) is 6.92 Å². The van der Waals surface area contributed by atoms with Crippen molar-refractivity contribution in [1.82, 2.24) is 0 Å². The van der Waals surface area contributed by atoms with Crippen molar-refractivity contribution in [3.05, 3.63) is 44.9 Å². The summed E-state index contributed by atoms with van der Waals surface area (Å²) in [6.45, 7) is 5.14. The molecular weight excluding hydrogens is 242 g/mol. The first-order chi connectivity index (χ1) is 6.43. The van der Waals surface area contributed by atoms with Crippen LogP contribution in [0.2, 0.25) is 15.1 Å². The minimum atomic E-state index is -0.251. The molecule has 1 nitrogen and oxygen atoms in total. The van der Waals surface area contributed by atoms with Crippen LogP contribution < -0.4 is 0 Å². The maximum absolute atomic E-state index is 11.6. The predicted octanol–water partition coefficient (Wildman–Crippen LogP) is 4.41. The Morgan fingerprint density at radius 3 is 2.36 bits per heavy atom. The van der Waals surface area contributed by atoms with Crippen molar-refractivity contribution in [3.63, 3.8) is 0 Å². The van der Waals surface area contributed by atoms with Crippen molar-refractivity contribution in [3.8, 4) is 0 Å². The van der Waals surface area contributed by atoms with E-state index in [2.05, 4.69) is 6.58 Å². The zero-order valence-electron chi connectivity index (χ0n) is 7.40. The lowest BCUT2D eigenvalue weighted by molar-refractivity contribution is 0.103. The van der Waals surface area contributed by atoms with Gasteiger partial charge in [-0.2, -0.15) is 0 Å². The van der Waals surface area contributed by atoms with Gasteiger partial charge in [-0.05, 0) is 24.6 Å². The molecule has 0 fully saturated rings. The van der Waals surface area contributed by atoms with Crippen LogP contribution in [0.1, 0.15) is 17.3 Å². The van der Waals surface area contributed by atoms with Crippen LogP contribution in [0.15, 0.2) is 24.3 Å². The van der Waals surface area contributed by atoms with Crippen LogP contribution in [-0.4, -0.2) is 5.78 Å². The van der Waals surface area contributed by atoms with Gasteiger partial charge in [0.1, 0.15) is 0 Å². The van der Waals surface area contributed by atoms with Crippen LogP contribution >= 0.6 is 34.8 Å². The van der Waals surface area contributed by atoms with Crippen LogP contribution in [0.4, 0.5) is 0 Å². The summed E-state index contributed by atoms with van der Waals surface area (Å²) in [5, 5.41) is 0.858. The highest BCUT2D eigenvalue weighted by Gasteiger charge is 2.14. The number of rotatable bonds is 2. The molecule has 4 heteroatoms. The van der Waals surface area contributed by atoms with Gasteiger partial charge in [0.15, 0.2) is 5.78 Å². The quantitative estimate of drug-likeness (QED) is 0.431. The van der Waals surface area contributed by atoms with E-state index in [0.29, 0.717) is 10.6 Å². The molecule has 0 saturated carbocycles. The third-order valence-corrected chi connectivity index (χ3v) is 2.65. The summed E-state index contributed by atoms with van der Waals surface area (Å²) >= 11 is 17.4. The Bertz CT molecular complexity index is 410.